The minimum absolute atomic E-state index is 0.478. The Morgan fingerprint density at radius 2 is 1.29 bits per heavy atom. The number of hydrogen-bond donors (Lipinski definition) is 0. The molecule has 1 fully saturated rings. The highest BCUT2D eigenvalue weighted by Crippen LogP contribution is 2.57. The maximum atomic E-state index is 2.44. The molecule has 0 spiro atoms. The van der Waals surface area contributed by atoms with Gasteiger partial charge >= 0.3 is 0 Å². The summed E-state index contributed by atoms with van der Waals surface area (Å²) in [7, 11) is 0. The van der Waals surface area contributed by atoms with Crippen LogP contribution in [0.1, 0.15) is 99.1 Å². The average molecular weight is 561 g/mol. The summed E-state index contributed by atoms with van der Waals surface area (Å²) in [5.41, 5.74) is 9.17. The first-order chi connectivity index (χ1) is 20.1. The molecule has 4 aromatic rings. The molecule has 0 saturated heterocycles. The lowest BCUT2D eigenvalue weighted by molar-refractivity contribution is 0.0114. The van der Waals surface area contributed by atoms with Gasteiger partial charge in [-0.3, -0.25) is 0 Å². The van der Waals surface area contributed by atoms with Crippen molar-refractivity contribution in [3.05, 3.63) is 126 Å². The molecule has 1 unspecified atom stereocenters. The van der Waals surface area contributed by atoms with Crippen molar-refractivity contribution in [2.75, 3.05) is 0 Å². The van der Waals surface area contributed by atoms with Crippen molar-refractivity contribution in [2.45, 2.75) is 94.9 Å². The van der Waals surface area contributed by atoms with E-state index in [0.29, 0.717) is 10.8 Å². The highest BCUT2D eigenvalue weighted by molar-refractivity contribution is 5.85. The summed E-state index contributed by atoms with van der Waals surface area (Å²) in [5.74, 6) is 0. The molecule has 224 valence electrons. The number of benzene rings is 4. The van der Waals surface area contributed by atoms with Gasteiger partial charge in [0.15, 0.2) is 0 Å². The molecule has 4 aromatic carbocycles. The Hall–Kier alpha value is -3.38. The Labute approximate surface area is 258 Å². The number of allylic oxidation sites excluding steroid dienone is 4. The van der Waals surface area contributed by atoms with Crippen LogP contribution >= 0.6 is 0 Å². The monoisotopic (exact) mass is 560 g/mol. The van der Waals surface area contributed by atoms with Gasteiger partial charge in [-0.2, -0.15) is 0 Å². The number of rotatable bonds is 5. The van der Waals surface area contributed by atoms with E-state index < -0.39 is 0 Å². The van der Waals surface area contributed by atoms with Gasteiger partial charge < -0.3 is 0 Å². The van der Waals surface area contributed by atoms with Gasteiger partial charge in [-0.05, 0) is 96.4 Å². The van der Waals surface area contributed by atoms with Crippen LogP contribution in [0.4, 0.5) is 0 Å². The fraction of sp³-hybridized carbons (Fsp3) is 0.381. The Balaban J connectivity index is 0.000000223. The molecule has 1 aliphatic carbocycles. The molecule has 0 aliphatic heterocycles. The molecular weight excluding hydrogens is 504 g/mol. The highest BCUT2D eigenvalue weighted by atomic mass is 14.5. The third-order valence-electron chi connectivity index (χ3n) is 8.66. The molecule has 0 heterocycles. The lowest BCUT2D eigenvalue weighted by atomic mass is 9.52. The second-order valence-electron chi connectivity index (χ2n) is 12.3. The molecule has 0 aromatic heterocycles. The largest absolute Gasteiger partial charge is 0.0838 e. The molecule has 1 saturated carbocycles. The zero-order valence-corrected chi connectivity index (χ0v) is 28.2. The summed E-state index contributed by atoms with van der Waals surface area (Å²) in [6, 6.07) is 34.2. The van der Waals surface area contributed by atoms with E-state index in [1.54, 1.807) is 0 Å². The zero-order valence-electron chi connectivity index (χ0n) is 28.2. The van der Waals surface area contributed by atoms with E-state index in [0.717, 1.165) is 6.42 Å². The number of fused-ring (bicyclic) bond motifs is 1. The van der Waals surface area contributed by atoms with Crippen LogP contribution in [0.15, 0.2) is 115 Å². The van der Waals surface area contributed by atoms with Crippen LogP contribution in [0.5, 0.6) is 0 Å². The normalized spacial score (nSPS) is 16.8. The predicted octanol–water partition coefficient (Wildman–Crippen LogP) is 13.5. The first-order valence-electron chi connectivity index (χ1n) is 16.0. The van der Waals surface area contributed by atoms with Crippen molar-refractivity contribution in [1.29, 1.82) is 0 Å². The average Bonchev–Trinajstić information content (AvgIpc) is 3.01. The summed E-state index contributed by atoms with van der Waals surface area (Å²) >= 11 is 0. The van der Waals surface area contributed by atoms with Crippen LogP contribution in [-0.2, 0) is 0 Å². The van der Waals surface area contributed by atoms with E-state index in [9.17, 15) is 0 Å². The molecule has 0 bridgehead atoms. The van der Waals surface area contributed by atoms with Crippen LogP contribution in [0, 0.1) is 17.8 Å². The van der Waals surface area contributed by atoms with Crippen molar-refractivity contribution < 1.29 is 0 Å². The third-order valence-corrected chi connectivity index (χ3v) is 8.66. The second-order valence-corrected chi connectivity index (χ2v) is 12.3. The maximum Gasteiger partial charge on any atom is -0.00927 e. The van der Waals surface area contributed by atoms with E-state index in [1.807, 2.05) is 13.8 Å². The van der Waals surface area contributed by atoms with Gasteiger partial charge in [0.1, 0.15) is 0 Å². The van der Waals surface area contributed by atoms with Crippen molar-refractivity contribution in [3.63, 3.8) is 0 Å². The summed E-state index contributed by atoms with van der Waals surface area (Å²) < 4.78 is 0. The Morgan fingerprint density at radius 3 is 1.76 bits per heavy atom. The smallest absolute Gasteiger partial charge is 0.00927 e. The Kier molecular flexibility index (Phi) is 14.0. The van der Waals surface area contributed by atoms with E-state index in [1.165, 1.54) is 63.4 Å². The fourth-order valence-corrected chi connectivity index (χ4v) is 5.54. The topological polar surface area (TPSA) is 0 Å². The molecule has 0 amide bonds. The minimum Gasteiger partial charge on any atom is -0.0838 e. The van der Waals surface area contributed by atoms with Gasteiger partial charge in [0.25, 0.3) is 0 Å². The molecule has 0 heteroatoms. The molecule has 5 rings (SSSR count). The fourth-order valence-electron chi connectivity index (χ4n) is 5.54. The minimum atomic E-state index is 0.478. The Bertz CT molecular complexity index is 1390. The zero-order chi connectivity index (χ0) is 31.2. The standard InChI is InChI=1S/C18H20.C11H10.C11H20.C2H6/c1-3-8-15(4-2)17-11-13-18(14-12-17)16-9-6-5-7-10-16;1-9-5-4-7-10-6-2-3-8-11(9)10;1-9(2)8-11(5)7-6-10(11,3)4;1-2/h4-7,9-14H,3,8H2,1-2H3;2-8H,1H3;8H,6-7H2,1-5H3;1-2H3/b15-4+;;;. The van der Waals surface area contributed by atoms with Crippen molar-refractivity contribution in [1.82, 2.24) is 0 Å². The lowest BCUT2D eigenvalue weighted by Crippen LogP contribution is -2.43. The predicted molar refractivity (Wildman–Crippen MR) is 191 cm³/mol. The summed E-state index contributed by atoms with van der Waals surface area (Å²) in [6.07, 6.45) is 9.76. The lowest BCUT2D eigenvalue weighted by Gasteiger charge is -2.53. The summed E-state index contributed by atoms with van der Waals surface area (Å²) in [5, 5.41) is 2.68. The van der Waals surface area contributed by atoms with Crippen LogP contribution in [0.25, 0.3) is 27.5 Å². The Morgan fingerprint density at radius 1 is 0.714 bits per heavy atom. The van der Waals surface area contributed by atoms with Gasteiger partial charge in [-0.1, -0.05) is 163 Å². The summed E-state index contributed by atoms with van der Waals surface area (Å²) in [4.78, 5) is 0. The van der Waals surface area contributed by atoms with Crippen LogP contribution in [0.2, 0.25) is 0 Å². The molecular formula is C42H56. The van der Waals surface area contributed by atoms with Crippen molar-refractivity contribution in [3.8, 4) is 11.1 Å². The van der Waals surface area contributed by atoms with E-state index in [2.05, 4.69) is 165 Å². The first kappa shape index (κ1) is 34.8. The molecule has 0 radical (unpaired) electrons. The molecule has 1 aliphatic rings. The first-order valence-corrected chi connectivity index (χ1v) is 16.0. The number of hydrogen-bond acceptors (Lipinski definition) is 0. The van der Waals surface area contributed by atoms with Gasteiger partial charge in [0.05, 0.1) is 0 Å². The van der Waals surface area contributed by atoms with Crippen LogP contribution in [-0.4, -0.2) is 0 Å². The summed E-state index contributed by atoms with van der Waals surface area (Å²) in [6.45, 7) is 22.0. The van der Waals surface area contributed by atoms with Gasteiger partial charge in [0, 0.05) is 0 Å². The van der Waals surface area contributed by atoms with E-state index >= 15 is 0 Å². The van der Waals surface area contributed by atoms with Crippen LogP contribution in [0.3, 0.4) is 0 Å². The van der Waals surface area contributed by atoms with E-state index in [-0.39, 0.29) is 0 Å². The quantitative estimate of drug-likeness (QED) is 0.213. The molecule has 0 nitrogen and oxygen atoms in total. The van der Waals surface area contributed by atoms with E-state index in [4.69, 9.17) is 0 Å². The molecule has 0 N–H and O–H groups in total. The second kappa shape index (κ2) is 16.9. The molecule has 1 atom stereocenters. The SMILES string of the molecule is C/C=C(\CCC)c1ccc(-c2ccccc2)cc1.CC.CC(C)=CC1(C)CCC1(C)C.Cc1cccc2ccccc12. The maximum absolute atomic E-state index is 2.44. The van der Waals surface area contributed by atoms with Gasteiger partial charge in [-0.15, -0.1) is 0 Å². The third kappa shape index (κ3) is 9.59. The van der Waals surface area contributed by atoms with Crippen LogP contribution < -0.4 is 0 Å². The number of aryl methyl sites for hydroxylation is 1. The van der Waals surface area contributed by atoms with Crippen molar-refractivity contribution >= 4 is 16.3 Å². The highest BCUT2D eigenvalue weighted by Gasteiger charge is 2.47. The van der Waals surface area contributed by atoms with Crippen molar-refractivity contribution in [2.24, 2.45) is 10.8 Å². The van der Waals surface area contributed by atoms with Gasteiger partial charge in [-0.25, -0.2) is 0 Å². The molecule has 42 heavy (non-hydrogen) atoms. The van der Waals surface area contributed by atoms with Gasteiger partial charge in [0.2, 0.25) is 0 Å².